The molecule has 1 fully saturated rings. The fourth-order valence-electron chi connectivity index (χ4n) is 4.42. The summed E-state index contributed by atoms with van der Waals surface area (Å²) in [7, 11) is 0. The molecule has 2 aromatic carbocycles. The summed E-state index contributed by atoms with van der Waals surface area (Å²) < 4.78 is 0. The van der Waals surface area contributed by atoms with Gasteiger partial charge in [0.2, 0.25) is 0 Å². The van der Waals surface area contributed by atoms with Crippen molar-refractivity contribution in [2.75, 3.05) is 25.0 Å². The molecule has 0 amide bonds. The maximum absolute atomic E-state index is 9.53. The quantitative estimate of drug-likeness (QED) is 0.562. The molecule has 3 heterocycles. The largest absolute Gasteiger partial charge is 0.395 e. The number of thiophene rings is 1. The van der Waals surface area contributed by atoms with Crippen LogP contribution < -0.4 is 5.32 Å². The van der Waals surface area contributed by atoms with E-state index in [0.29, 0.717) is 12.6 Å². The van der Waals surface area contributed by atoms with Crippen LogP contribution in [0.15, 0.2) is 71.2 Å². The number of aliphatic imine (C=N–C) groups is 1. The van der Waals surface area contributed by atoms with E-state index in [9.17, 15) is 5.11 Å². The molecule has 5 heteroatoms. The van der Waals surface area contributed by atoms with Gasteiger partial charge in [0.15, 0.2) is 0 Å². The van der Waals surface area contributed by atoms with Gasteiger partial charge in [-0.25, -0.2) is 0 Å². The summed E-state index contributed by atoms with van der Waals surface area (Å²) in [5, 5.41) is 15.1. The number of rotatable bonds is 6. The summed E-state index contributed by atoms with van der Waals surface area (Å²) in [6.45, 7) is 2.92. The average Bonchev–Trinajstić information content (AvgIpc) is 3.50. The Labute approximate surface area is 187 Å². The molecule has 1 atom stereocenters. The van der Waals surface area contributed by atoms with E-state index in [-0.39, 0.29) is 6.61 Å². The molecule has 0 spiro atoms. The number of aliphatic hydroxyl groups is 1. The van der Waals surface area contributed by atoms with Crippen LogP contribution in [-0.2, 0) is 6.54 Å². The third kappa shape index (κ3) is 4.49. The van der Waals surface area contributed by atoms with Crippen LogP contribution in [0.1, 0.15) is 29.5 Å². The summed E-state index contributed by atoms with van der Waals surface area (Å²) >= 11 is 1.77. The normalized spacial score (nSPS) is 19.6. The molecule has 5 rings (SSSR count). The highest BCUT2D eigenvalue weighted by atomic mass is 32.1. The van der Waals surface area contributed by atoms with Crippen LogP contribution >= 0.6 is 11.3 Å². The first-order valence-corrected chi connectivity index (χ1v) is 11.8. The first kappa shape index (κ1) is 20.2. The predicted octanol–water partition coefficient (Wildman–Crippen LogP) is 5.26. The van der Waals surface area contributed by atoms with E-state index in [4.69, 9.17) is 0 Å². The summed E-state index contributed by atoms with van der Waals surface area (Å²) in [5.74, 6) is 0. The Kier molecular flexibility index (Phi) is 5.98. The number of fused-ring (bicyclic) bond motifs is 1. The van der Waals surface area contributed by atoms with Crippen molar-refractivity contribution < 1.29 is 5.11 Å². The highest BCUT2D eigenvalue weighted by Crippen LogP contribution is 2.31. The minimum atomic E-state index is 0.255. The van der Waals surface area contributed by atoms with E-state index in [1.807, 2.05) is 6.21 Å². The van der Waals surface area contributed by atoms with Crippen LogP contribution in [0, 0.1) is 0 Å². The Balaban J connectivity index is 1.30. The molecule has 0 saturated carbocycles. The highest BCUT2D eigenvalue weighted by Gasteiger charge is 2.23. The van der Waals surface area contributed by atoms with Crippen molar-refractivity contribution in [1.82, 2.24) is 4.90 Å². The molecule has 2 aliphatic rings. The van der Waals surface area contributed by atoms with Crippen molar-refractivity contribution in [2.45, 2.75) is 25.4 Å². The van der Waals surface area contributed by atoms with E-state index in [2.05, 4.69) is 81.4 Å². The first-order chi connectivity index (χ1) is 15.3. The third-order valence-corrected chi connectivity index (χ3v) is 7.08. The van der Waals surface area contributed by atoms with Gasteiger partial charge in [0.05, 0.1) is 13.2 Å². The molecule has 1 aromatic heterocycles. The van der Waals surface area contributed by atoms with Gasteiger partial charge in [-0.05, 0) is 76.9 Å². The van der Waals surface area contributed by atoms with Crippen molar-refractivity contribution in [1.29, 1.82) is 0 Å². The minimum absolute atomic E-state index is 0.255. The average molecular weight is 430 g/mol. The molecule has 2 N–H and O–H groups in total. The molecule has 0 radical (unpaired) electrons. The summed E-state index contributed by atoms with van der Waals surface area (Å²) in [4.78, 5) is 8.20. The Hall–Kier alpha value is -2.73. The number of aliphatic hydroxyl groups excluding tert-OH is 1. The number of benzene rings is 2. The van der Waals surface area contributed by atoms with Gasteiger partial charge in [0.1, 0.15) is 0 Å². The minimum Gasteiger partial charge on any atom is -0.395 e. The van der Waals surface area contributed by atoms with E-state index >= 15 is 0 Å². The predicted molar refractivity (Wildman–Crippen MR) is 131 cm³/mol. The molecular formula is C26H27N3OS. The van der Waals surface area contributed by atoms with Crippen molar-refractivity contribution in [2.24, 2.45) is 4.99 Å². The molecule has 158 valence electrons. The van der Waals surface area contributed by atoms with Gasteiger partial charge in [0, 0.05) is 35.6 Å². The fourth-order valence-corrected chi connectivity index (χ4v) is 5.14. The van der Waals surface area contributed by atoms with Gasteiger partial charge in [0.25, 0.3) is 0 Å². The van der Waals surface area contributed by atoms with Crippen LogP contribution in [-0.4, -0.2) is 42.0 Å². The molecule has 0 bridgehead atoms. The standard InChI is InChI=1S/C26H27N3OS/c30-18-24-3-1-11-29(24)17-19-5-9-23(10-6-19)28-16-22-15-27-14-21-8-7-20(13-25(21)22)26-4-2-12-31-26/h2,4-10,12-14,16,24,28,30H,1,3,11,15,17-18H2. The molecular weight excluding hydrogens is 402 g/mol. The van der Waals surface area contributed by atoms with Crippen molar-refractivity contribution in [3.8, 4) is 10.4 Å². The second-order valence-electron chi connectivity index (χ2n) is 8.21. The lowest BCUT2D eigenvalue weighted by molar-refractivity contribution is 0.153. The zero-order valence-electron chi connectivity index (χ0n) is 17.5. The lowest BCUT2D eigenvalue weighted by Gasteiger charge is -2.22. The van der Waals surface area contributed by atoms with Gasteiger partial charge >= 0.3 is 0 Å². The molecule has 2 aliphatic heterocycles. The number of likely N-dealkylation sites (tertiary alicyclic amines) is 1. The van der Waals surface area contributed by atoms with E-state index in [1.165, 1.54) is 39.1 Å². The van der Waals surface area contributed by atoms with Gasteiger partial charge < -0.3 is 10.4 Å². The monoisotopic (exact) mass is 429 g/mol. The zero-order chi connectivity index (χ0) is 21.0. The number of nitrogens with one attached hydrogen (secondary N) is 1. The van der Waals surface area contributed by atoms with Crippen LogP contribution in [0.5, 0.6) is 0 Å². The molecule has 1 saturated heterocycles. The molecule has 1 unspecified atom stereocenters. The Morgan fingerprint density at radius 2 is 2.06 bits per heavy atom. The van der Waals surface area contributed by atoms with Crippen LogP contribution in [0.25, 0.3) is 16.0 Å². The second-order valence-corrected chi connectivity index (χ2v) is 9.16. The van der Waals surface area contributed by atoms with E-state index in [0.717, 1.165) is 25.2 Å². The number of hydrogen-bond acceptors (Lipinski definition) is 5. The highest BCUT2D eigenvalue weighted by molar-refractivity contribution is 7.13. The lowest BCUT2D eigenvalue weighted by Crippen LogP contribution is -2.31. The number of anilines is 1. The smallest absolute Gasteiger partial charge is 0.0660 e. The van der Waals surface area contributed by atoms with E-state index in [1.54, 1.807) is 11.3 Å². The molecule has 31 heavy (non-hydrogen) atoms. The fraction of sp³-hybridized carbons (Fsp3) is 0.269. The van der Waals surface area contributed by atoms with Crippen LogP contribution in [0.3, 0.4) is 0 Å². The maximum Gasteiger partial charge on any atom is 0.0660 e. The van der Waals surface area contributed by atoms with Gasteiger partial charge in [-0.3, -0.25) is 9.89 Å². The summed E-state index contributed by atoms with van der Waals surface area (Å²) in [6.07, 6.45) is 6.33. The van der Waals surface area contributed by atoms with Gasteiger partial charge in [-0.15, -0.1) is 11.3 Å². The first-order valence-electron chi connectivity index (χ1n) is 10.9. The van der Waals surface area contributed by atoms with Gasteiger partial charge in [-0.2, -0.15) is 0 Å². The Morgan fingerprint density at radius 3 is 2.87 bits per heavy atom. The summed E-state index contributed by atoms with van der Waals surface area (Å²) in [6, 6.07) is 19.8. The lowest BCUT2D eigenvalue weighted by atomic mass is 9.96. The topological polar surface area (TPSA) is 47.9 Å². The number of hydrogen-bond donors (Lipinski definition) is 2. The van der Waals surface area contributed by atoms with Crippen molar-refractivity contribution >= 4 is 28.8 Å². The van der Waals surface area contributed by atoms with E-state index < -0.39 is 0 Å². The Bertz CT molecular complexity index is 1090. The zero-order valence-corrected chi connectivity index (χ0v) is 18.3. The summed E-state index contributed by atoms with van der Waals surface area (Å²) in [5.41, 5.74) is 7.21. The van der Waals surface area contributed by atoms with Crippen molar-refractivity contribution in [3.05, 3.63) is 82.9 Å². The third-order valence-electron chi connectivity index (χ3n) is 6.16. The maximum atomic E-state index is 9.53. The second kappa shape index (κ2) is 9.18. The molecule has 0 aliphatic carbocycles. The van der Waals surface area contributed by atoms with Crippen LogP contribution in [0.4, 0.5) is 5.69 Å². The van der Waals surface area contributed by atoms with Crippen molar-refractivity contribution in [3.63, 3.8) is 0 Å². The number of nitrogens with zero attached hydrogens (tertiary/aromatic N) is 2. The molecule has 3 aromatic rings. The van der Waals surface area contributed by atoms with Gasteiger partial charge in [-0.1, -0.05) is 30.3 Å². The SMILES string of the molecule is OCC1CCCN1Cc1ccc(NC=C2CN=Cc3ccc(-c4cccs4)cc32)cc1. The Morgan fingerprint density at radius 1 is 1.16 bits per heavy atom. The van der Waals surface area contributed by atoms with Crippen LogP contribution in [0.2, 0.25) is 0 Å². The molecule has 4 nitrogen and oxygen atoms in total.